The zero-order valence-electron chi connectivity index (χ0n) is 25.9. The lowest BCUT2D eigenvalue weighted by atomic mass is 9.94. The highest BCUT2D eigenvalue weighted by molar-refractivity contribution is 7.18. The highest BCUT2D eigenvalue weighted by Gasteiger charge is 2.21. The molecule has 5 N–H and O–H groups in total. The zero-order valence-corrected chi connectivity index (χ0v) is 27.5. The number of amides is 1. The number of rotatable bonds is 13. The Kier molecular flexibility index (Phi) is 9.92. The van der Waals surface area contributed by atoms with Crippen molar-refractivity contribution in [3.05, 3.63) is 82.0 Å². The molecule has 4 heterocycles. The maximum absolute atomic E-state index is 11.5. The quantitative estimate of drug-likeness (QED) is 0.106. The SMILES string of the molecule is COc1nc(-c2cccc(-c3cccc(Nc4nccc5sc(CNCC(=O)O)nc45)c3Cl)c2C)ccc1CNC[C@@H]1CCC(=O)N1. The number of pyridine rings is 2. The third-order valence-electron chi connectivity index (χ3n) is 7.98. The highest BCUT2D eigenvalue weighted by atomic mass is 35.5. The molecule has 1 amide bonds. The van der Waals surface area contributed by atoms with Gasteiger partial charge in [-0.2, -0.15) is 0 Å². The van der Waals surface area contributed by atoms with Crippen LogP contribution in [0.3, 0.4) is 0 Å². The average Bonchev–Trinajstić information content (AvgIpc) is 3.68. The molecule has 2 aromatic carbocycles. The molecule has 47 heavy (non-hydrogen) atoms. The van der Waals surface area contributed by atoms with Crippen LogP contribution in [0.2, 0.25) is 5.02 Å². The number of carboxylic acid groups (broad SMARTS) is 1. The molecule has 13 heteroatoms. The van der Waals surface area contributed by atoms with E-state index >= 15 is 0 Å². The van der Waals surface area contributed by atoms with Gasteiger partial charge in [0.1, 0.15) is 10.5 Å². The van der Waals surface area contributed by atoms with Crippen LogP contribution in [0.5, 0.6) is 5.88 Å². The van der Waals surface area contributed by atoms with Crippen molar-refractivity contribution in [3.8, 4) is 28.3 Å². The fourth-order valence-electron chi connectivity index (χ4n) is 5.66. The van der Waals surface area contributed by atoms with Crippen LogP contribution in [0.1, 0.15) is 29.0 Å². The van der Waals surface area contributed by atoms with Gasteiger partial charge in [0.25, 0.3) is 0 Å². The molecule has 5 aromatic rings. The summed E-state index contributed by atoms with van der Waals surface area (Å²) in [5.41, 5.74) is 6.88. The normalized spacial score (nSPS) is 14.4. The average molecular weight is 672 g/mol. The Hall–Kier alpha value is -4.62. The van der Waals surface area contributed by atoms with E-state index in [1.165, 1.54) is 11.3 Å². The first kappa shape index (κ1) is 32.3. The summed E-state index contributed by atoms with van der Waals surface area (Å²) in [6.45, 7) is 3.52. The number of fused-ring (bicyclic) bond motifs is 1. The Balaban J connectivity index is 1.23. The Morgan fingerprint density at radius 2 is 1.87 bits per heavy atom. The van der Waals surface area contributed by atoms with Gasteiger partial charge in [-0.1, -0.05) is 48.0 Å². The first-order valence-corrected chi connectivity index (χ1v) is 16.4. The van der Waals surface area contributed by atoms with Gasteiger partial charge in [0.2, 0.25) is 11.8 Å². The Bertz CT molecular complexity index is 1950. The second-order valence-electron chi connectivity index (χ2n) is 11.2. The monoisotopic (exact) mass is 671 g/mol. The van der Waals surface area contributed by atoms with Gasteiger partial charge in [-0.25, -0.2) is 15.0 Å². The maximum atomic E-state index is 11.5. The second kappa shape index (κ2) is 14.4. The van der Waals surface area contributed by atoms with E-state index in [1.807, 2.05) is 54.6 Å². The van der Waals surface area contributed by atoms with E-state index in [0.29, 0.717) is 54.0 Å². The zero-order chi connectivity index (χ0) is 32.9. The summed E-state index contributed by atoms with van der Waals surface area (Å²) >= 11 is 8.53. The predicted octanol–water partition coefficient (Wildman–Crippen LogP) is 5.68. The molecule has 1 atom stereocenters. The number of thiazole rings is 1. The molecule has 6 rings (SSSR count). The van der Waals surface area contributed by atoms with Crippen molar-refractivity contribution >= 4 is 56.5 Å². The molecule has 0 aliphatic carbocycles. The fraction of sp³-hybridized carbons (Fsp3) is 0.265. The number of ether oxygens (including phenoxy) is 1. The molecule has 1 saturated heterocycles. The van der Waals surface area contributed by atoms with Gasteiger partial charge in [0, 0.05) is 55.0 Å². The van der Waals surface area contributed by atoms with Crippen molar-refractivity contribution in [2.75, 3.05) is 25.5 Å². The van der Waals surface area contributed by atoms with Crippen LogP contribution in [0.15, 0.2) is 60.8 Å². The Morgan fingerprint density at radius 3 is 2.66 bits per heavy atom. The molecule has 242 valence electrons. The second-order valence-corrected chi connectivity index (χ2v) is 12.7. The number of carbonyl (C=O) groups is 2. The number of hydrogen-bond donors (Lipinski definition) is 5. The fourth-order valence-corrected chi connectivity index (χ4v) is 6.86. The number of methoxy groups -OCH3 is 1. The molecule has 1 fully saturated rings. The number of aliphatic carboxylic acids is 1. The van der Waals surface area contributed by atoms with Crippen molar-refractivity contribution in [1.82, 2.24) is 30.9 Å². The molecule has 0 saturated carbocycles. The van der Waals surface area contributed by atoms with E-state index in [9.17, 15) is 9.59 Å². The number of hydrogen-bond acceptors (Lipinski definition) is 10. The topological polar surface area (TPSA) is 150 Å². The Labute approximate surface area is 280 Å². The number of anilines is 2. The molecule has 0 bridgehead atoms. The largest absolute Gasteiger partial charge is 0.481 e. The van der Waals surface area contributed by atoms with E-state index in [-0.39, 0.29) is 18.5 Å². The highest BCUT2D eigenvalue weighted by Crippen LogP contribution is 2.40. The molecular weight excluding hydrogens is 638 g/mol. The summed E-state index contributed by atoms with van der Waals surface area (Å²) in [4.78, 5) is 36.4. The van der Waals surface area contributed by atoms with E-state index in [1.54, 1.807) is 13.3 Å². The lowest BCUT2D eigenvalue weighted by Gasteiger charge is -2.17. The number of nitrogens with one attached hydrogen (secondary N) is 4. The number of carboxylic acids is 1. The van der Waals surface area contributed by atoms with E-state index in [4.69, 9.17) is 31.4 Å². The minimum absolute atomic E-state index is 0.104. The number of nitrogens with zero attached hydrogens (tertiary/aromatic N) is 3. The van der Waals surface area contributed by atoms with Gasteiger partial charge >= 0.3 is 5.97 Å². The van der Waals surface area contributed by atoms with Gasteiger partial charge in [-0.15, -0.1) is 11.3 Å². The third kappa shape index (κ3) is 7.36. The van der Waals surface area contributed by atoms with Crippen LogP contribution < -0.4 is 26.0 Å². The minimum atomic E-state index is -0.920. The third-order valence-corrected chi connectivity index (χ3v) is 9.41. The van der Waals surface area contributed by atoms with Crippen molar-refractivity contribution in [2.45, 2.75) is 38.9 Å². The van der Waals surface area contributed by atoms with E-state index in [2.05, 4.69) is 33.2 Å². The summed E-state index contributed by atoms with van der Waals surface area (Å²) in [7, 11) is 1.62. The maximum Gasteiger partial charge on any atom is 0.317 e. The first-order valence-electron chi connectivity index (χ1n) is 15.2. The first-order chi connectivity index (χ1) is 22.8. The minimum Gasteiger partial charge on any atom is -0.481 e. The summed E-state index contributed by atoms with van der Waals surface area (Å²) in [6.07, 6.45) is 3.13. The standard InChI is InChI=1S/C34H34ClN7O4S/c1-19-22(5-3-6-23(19)25-11-9-20(34(41-25)46-2)15-36-16-21-10-12-28(43)39-21)24-7-4-8-26(31(24)35)40-33-32-27(13-14-38-33)47-29(42-32)17-37-18-30(44)45/h3-9,11,13-14,21,36-37H,10,12,15-18H2,1-2H3,(H,38,40)(H,39,43)(H,44,45)/t21-/m0/s1. The van der Waals surface area contributed by atoms with Crippen LogP contribution in [0, 0.1) is 6.92 Å². The number of carbonyl (C=O) groups excluding carboxylic acids is 1. The van der Waals surface area contributed by atoms with Gasteiger partial charge in [0.15, 0.2) is 5.82 Å². The molecule has 3 aromatic heterocycles. The summed E-state index contributed by atoms with van der Waals surface area (Å²) in [5, 5.41) is 22.8. The predicted molar refractivity (Wildman–Crippen MR) is 184 cm³/mol. The summed E-state index contributed by atoms with van der Waals surface area (Å²) in [5.74, 6) is 0.290. The summed E-state index contributed by atoms with van der Waals surface area (Å²) in [6, 6.07) is 17.9. The van der Waals surface area contributed by atoms with Crippen LogP contribution in [-0.4, -0.2) is 58.2 Å². The van der Waals surface area contributed by atoms with Crippen LogP contribution >= 0.6 is 22.9 Å². The summed E-state index contributed by atoms with van der Waals surface area (Å²) < 4.78 is 6.59. The van der Waals surface area contributed by atoms with Gasteiger partial charge in [-0.3, -0.25) is 9.59 Å². The molecule has 1 aliphatic heterocycles. The lowest BCUT2D eigenvalue weighted by Crippen LogP contribution is -2.35. The van der Waals surface area contributed by atoms with Crippen molar-refractivity contribution in [2.24, 2.45) is 0 Å². The van der Waals surface area contributed by atoms with E-state index in [0.717, 1.165) is 49.6 Å². The van der Waals surface area contributed by atoms with Gasteiger partial charge in [0.05, 0.1) is 34.8 Å². The van der Waals surface area contributed by atoms with Gasteiger partial charge in [-0.05, 0) is 42.7 Å². The van der Waals surface area contributed by atoms with Crippen LogP contribution in [0.25, 0.3) is 32.6 Å². The molecule has 11 nitrogen and oxygen atoms in total. The van der Waals surface area contributed by atoms with Crippen molar-refractivity contribution in [3.63, 3.8) is 0 Å². The smallest absolute Gasteiger partial charge is 0.317 e. The molecule has 0 radical (unpaired) electrons. The Morgan fingerprint density at radius 1 is 1.06 bits per heavy atom. The number of aromatic nitrogens is 3. The van der Waals surface area contributed by atoms with Crippen molar-refractivity contribution < 1.29 is 19.4 Å². The van der Waals surface area contributed by atoms with E-state index < -0.39 is 5.97 Å². The van der Waals surface area contributed by atoms with Crippen LogP contribution in [-0.2, 0) is 22.7 Å². The molecule has 0 unspecified atom stereocenters. The number of benzene rings is 2. The molecule has 1 aliphatic rings. The lowest BCUT2D eigenvalue weighted by molar-refractivity contribution is -0.136. The molecular formula is C34H34ClN7O4S. The molecule has 0 spiro atoms. The van der Waals surface area contributed by atoms with Crippen molar-refractivity contribution in [1.29, 1.82) is 0 Å². The van der Waals surface area contributed by atoms with Crippen LogP contribution in [0.4, 0.5) is 11.5 Å². The number of halogens is 1. The van der Waals surface area contributed by atoms with Gasteiger partial charge < -0.3 is 31.1 Å².